The molecule has 1 aromatic heterocycles. The van der Waals surface area contributed by atoms with E-state index in [4.69, 9.17) is 0 Å². The molecule has 3 rings (SSSR count). The number of hydrogen-bond donors (Lipinski definition) is 0. The highest BCUT2D eigenvalue weighted by molar-refractivity contribution is 5.98. The van der Waals surface area contributed by atoms with Gasteiger partial charge in [-0.1, -0.05) is 18.2 Å². The van der Waals surface area contributed by atoms with Crippen LogP contribution >= 0.6 is 0 Å². The Balaban J connectivity index is 1.97. The fourth-order valence-electron chi connectivity index (χ4n) is 2.49. The van der Waals surface area contributed by atoms with Crippen LogP contribution < -0.4 is 5.01 Å². The summed E-state index contributed by atoms with van der Waals surface area (Å²) in [4.78, 5) is 25.0. The van der Waals surface area contributed by atoms with E-state index >= 15 is 0 Å². The third-order valence-corrected chi connectivity index (χ3v) is 3.77. The zero-order valence-corrected chi connectivity index (χ0v) is 13.6. The van der Waals surface area contributed by atoms with Crippen LogP contribution in [0.5, 0.6) is 0 Å². The molecule has 0 aliphatic heterocycles. The summed E-state index contributed by atoms with van der Waals surface area (Å²) in [6.45, 7) is 0. The van der Waals surface area contributed by atoms with Crippen LogP contribution in [-0.4, -0.2) is 28.1 Å². The van der Waals surface area contributed by atoms with Crippen molar-refractivity contribution >= 4 is 34.2 Å². The Morgan fingerprint density at radius 3 is 2.58 bits per heavy atom. The van der Waals surface area contributed by atoms with Crippen molar-refractivity contribution in [2.24, 2.45) is 5.10 Å². The molecule has 0 aliphatic carbocycles. The first-order chi connectivity index (χ1) is 12.5. The van der Waals surface area contributed by atoms with Crippen molar-refractivity contribution in [1.29, 1.82) is 0 Å². The Bertz CT molecular complexity index is 1030. The van der Waals surface area contributed by atoms with Crippen LogP contribution in [0.25, 0.3) is 10.9 Å². The third kappa shape index (κ3) is 3.31. The van der Waals surface area contributed by atoms with Gasteiger partial charge in [0.2, 0.25) is 0 Å². The standard InChI is InChI=1S/C17H13N5O4/c1-20(16-7-6-13(21(23)24)10-17(16)22(25)26)19-11-12-8-9-18-15-5-3-2-4-14(12)15/h2-11H,1H3/b19-11+. The van der Waals surface area contributed by atoms with E-state index in [1.165, 1.54) is 24.2 Å². The lowest BCUT2D eigenvalue weighted by atomic mass is 10.1. The molecular weight excluding hydrogens is 338 g/mol. The summed E-state index contributed by atoms with van der Waals surface area (Å²) in [7, 11) is 1.54. The van der Waals surface area contributed by atoms with Crippen molar-refractivity contribution in [2.45, 2.75) is 0 Å². The van der Waals surface area contributed by atoms with Gasteiger partial charge in [0.25, 0.3) is 5.69 Å². The van der Waals surface area contributed by atoms with E-state index in [1.54, 1.807) is 18.5 Å². The van der Waals surface area contributed by atoms with Crippen molar-refractivity contribution in [1.82, 2.24) is 4.98 Å². The normalized spacial score (nSPS) is 11.0. The summed E-state index contributed by atoms with van der Waals surface area (Å²) in [5, 5.41) is 28.5. The number of aromatic nitrogens is 1. The fraction of sp³-hybridized carbons (Fsp3) is 0.0588. The van der Waals surface area contributed by atoms with Gasteiger partial charge < -0.3 is 0 Å². The van der Waals surface area contributed by atoms with Gasteiger partial charge in [0, 0.05) is 30.3 Å². The Morgan fingerprint density at radius 1 is 1.08 bits per heavy atom. The van der Waals surface area contributed by atoms with Gasteiger partial charge in [-0.05, 0) is 18.2 Å². The van der Waals surface area contributed by atoms with Crippen molar-refractivity contribution < 1.29 is 9.85 Å². The molecule has 0 saturated carbocycles. The number of fused-ring (bicyclic) bond motifs is 1. The van der Waals surface area contributed by atoms with Gasteiger partial charge in [0.1, 0.15) is 5.69 Å². The number of para-hydroxylation sites is 1. The number of non-ortho nitro benzene ring substituents is 1. The molecule has 9 nitrogen and oxygen atoms in total. The predicted octanol–water partition coefficient (Wildman–Crippen LogP) is 3.52. The van der Waals surface area contributed by atoms with E-state index in [2.05, 4.69) is 10.1 Å². The molecular formula is C17H13N5O4. The van der Waals surface area contributed by atoms with Crippen molar-refractivity contribution in [3.63, 3.8) is 0 Å². The molecule has 0 unspecified atom stereocenters. The molecule has 0 fully saturated rings. The first-order valence-electron chi connectivity index (χ1n) is 7.51. The van der Waals surface area contributed by atoms with Gasteiger partial charge in [-0.2, -0.15) is 5.10 Å². The highest BCUT2D eigenvalue weighted by atomic mass is 16.6. The molecule has 0 spiro atoms. The molecule has 0 amide bonds. The molecule has 2 aromatic carbocycles. The highest BCUT2D eigenvalue weighted by Crippen LogP contribution is 2.31. The quantitative estimate of drug-likeness (QED) is 0.394. The van der Waals surface area contributed by atoms with E-state index < -0.39 is 15.5 Å². The summed E-state index contributed by atoms with van der Waals surface area (Å²) in [5.41, 5.74) is 1.01. The van der Waals surface area contributed by atoms with Gasteiger partial charge in [0.15, 0.2) is 0 Å². The molecule has 0 radical (unpaired) electrons. The number of rotatable bonds is 5. The van der Waals surface area contributed by atoms with Crippen molar-refractivity contribution in [2.75, 3.05) is 12.1 Å². The number of pyridine rings is 1. The minimum Gasteiger partial charge on any atom is -0.262 e. The Labute approximate surface area is 147 Å². The molecule has 0 N–H and O–H groups in total. The van der Waals surface area contributed by atoms with Crippen LogP contribution in [0.1, 0.15) is 5.56 Å². The van der Waals surface area contributed by atoms with Crippen LogP contribution in [0, 0.1) is 20.2 Å². The number of hydrazone groups is 1. The van der Waals surface area contributed by atoms with Crippen molar-refractivity contribution in [3.05, 3.63) is 80.5 Å². The van der Waals surface area contributed by atoms with Gasteiger partial charge >= 0.3 is 5.69 Å². The number of nitro benzene ring substituents is 2. The van der Waals surface area contributed by atoms with Gasteiger partial charge in [-0.3, -0.25) is 30.2 Å². The first kappa shape index (κ1) is 17.0. The average Bonchev–Trinajstić information content (AvgIpc) is 2.65. The SMILES string of the molecule is CN(/N=C/c1ccnc2ccccc12)c1ccc([N+](=O)[O-])cc1[N+](=O)[O-]. The number of hydrogen-bond acceptors (Lipinski definition) is 7. The van der Waals surface area contributed by atoms with Crippen LogP contribution in [-0.2, 0) is 0 Å². The molecule has 0 aliphatic rings. The number of anilines is 1. The third-order valence-electron chi connectivity index (χ3n) is 3.77. The van der Waals surface area contributed by atoms with Gasteiger partial charge in [0.05, 0.1) is 27.6 Å². The second-order valence-electron chi connectivity index (χ2n) is 5.37. The fourth-order valence-corrected chi connectivity index (χ4v) is 2.49. The molecule has 0 bridgehead atoms. The maximum absolute atomic E-state index is 11.2. The Kier molecular flexibility index (Phi) is 4.52. The minimum absolute atomic E-state index is 0.148. The van der Waals surface area contributed by atoms with E-state index in [-0.39, 0.29) is 11.4 Å². The summed E-state index contributed by atoms with van der Waals surface area (Å²) >= 11 is 0. The largest absolute Gasteiger partial charge is 0.301 e. The van der Waals surface area contributed by atoms with Crippen LogP contribution in [0.3, 0.4) is 0 Å². The summed E-state index contributed by atoms with van der Waals surface area (Å²) in [5.74, 6) is 0. The number of nitro groups is 2. The lowest BCUT2D eigenvalue weighted by Crippen LogP contribution is -2.11. The van der Waals surface area contributed by atoms with E-state index in [0.29, 0.717) is 0 Å². The summed E-state index contributed by atoms with van der Waals surface area (Å²) in [6.07, 6.45) is 3.22. The lowest BCUT2D eigenvalue weighted by Gasteiger charge is -2.13. The maximum atomic E-state index is 11.2. The van der Waals surface area contributed by atoms with Crippen LogP contribution in [0.15, 0.2) is 59.8 Å². The molecule has 1 heterocycles. The zero-order valence-electron chi connectivity index (χ0n) is 13.6. The van der Waals surface area contributed by atoms with Crippen LogP contribution in [0.2, 0.25) is 0 Å². The molecule has 9 heteroatoms. The van der Waals surface area contributed by atoms with Crippen molar-refractivity contribution in [3.8, 4) is 0 Å². The smallest absolute Gasteiger partial charge is 0.262 e. The molecule has 26 heavy (non-hydrogen) atoms. The molecule has 0 atom stereocenters. The molecule has 130 valence electrons. The maximum Gasteiger partial charge on any atom is 0.301 e. The van der Waals surface area contributed by atoms with E-state index in [1.807, 2.05) is 24.3 Å². The summed E-state index contributed by atoms with van der Waals surface area (Å²) < 4.78 is 0. The second-order valence-corrected chi connectivity index (χ2v) is 5.37. The zero-order chi connectivity index (χ0) is 18.7. The minimum atomic E-state index is -0.677. The first-order valence-corrected chi connectivity index (χ1v) is 7.51. The Morgan fingerprint density at radius 2 is 1.85 bits per heavy atom. The summed E-state index contributed by atoms with van der Waals surface area (Å²) in [6, 6.07) is 12.7. The van der Waals surface area contributed by atoms with E-state index in [9.17, 15) is 20.2 Å². The lowest BCUT2D eigenvalue weighted by molar-refractivity contribution is -0.393. The van der Waals surface area contributed by atoms with Gasteiger partial charge in [-0.25, -0.2) is 0 Å². The van der Waals surface area contributed by atoms with E-state index in [0.717, 1.165) is 22.5 Å². The predicted molar refractivity (Wildman–Crippen MR) is 97.5 cm³/mol. The Hall–Kier alpha value is -3.88. The monoisotopic (exact) mass is 351 g/mol. The second kappa shape index (κ2) is 6.93. The van der Waals surface area contributed by atoms with Crippen LogP contribution in [0.4, 0.5) is 17.1 Å². The topological polar surface area (TPSA) is 115 Å². The molecule has 3 aromatic rings. The van der Waals surface area contributed by atoms with Gasteiger partial charge in [-0.15, -0.1) is 0 Å². The highest BCUT2D eigenvalue weighted by Gasteiger charge is 2.21. The molecule has 0 saturated heterocycles. The number of nitrogens with zero attached hydrogens (tertiary/aromatic N) is 5. The number of benzene rings is 2. The average molecular weight is 351 g/mol.